The highest BCUT2D eigenvalue weighted by molar-refractivity contribution is 9.10. The number of fused-ring (bicyclic) bond motifs is 6. The molecule has 0 saturated heterocycles. The van der Waals surface area contributed by atoms with E-state index in [1.807, 2.05) is 72.8 Å². The summed E-state index contributed by atoms with van der Waals surface area (Å²) in [5.74, 6) is 0.899. The van der Waals surface area contributed by atoms with Crippen molar-refractivity contribution in [3.63, 3.8) is 0 Å². The van der Waals surface area contributed by atoms with E-state index < -0.39 is 11.5 Å². The molecule has 0 fully saturated rings. The van der Waals surface area contributed by atoms with Crippen LogP contribution in [0.4, 0.5) is 0 Å². The van der Waals surface area contributed by atoms with E-state index in [4.69, 9.17) is 14.1 Å². The van der Waals surface area contributed by atoms with E-state index in [9.17, 15) is 4.79 Å². The van der Waals surface area contributed by atoms with Crippen LogP contribution in [0.2, 0.25) is 0 Å². The second kappa shape index (κ2) is 7.61. The smallest absolute Gasteiger partial charge is 0.344 e. The van der Waals surface area contributed by atoms with Gasteiger partial charge in [0.1, 0.15) is 11.9 Å². The normalized spacial score (nSPS) is 14.5. The number of benzene rings is 3. The number of halogens is 1. The maximum atomic E-state index is 13.4. The van der Waals surface area contributed by atoms with Gasteiger partial charge in [0.15, 0.2) is 17.2 Å². The molecule has 7 rings (SSSR count). The van der Waals surface area contributed by atoms with Crippen molar-refractivity contribution in [1.29, 1.82) is 0 Å². The van der Waals surface area contributed by atoms with Gasteiger partial charge in [-0.15, -0.1) is 5.10 Å². The molecule has 0 amide bonds. The maximum Gasteiger partial charge on any atom is 0.344 e. The largest absolute Gasteiger partial charge is 0.437 e. The minimum atomic E-state index is -0.508. The van der Waals surface area contributed by atoms with E-state index in [1.54, 1.807) is 16.9 Å². The predicted octanol–water partition coefficient (Wildman–Crippen LogP) is 5.95. The van der Waals surface area contributed by atoms with E-state index in [-0.39, 0.29) is 0 Å². The summed E-state index contributed by atoms with van der Waals surface area (Å²) in [5.41, 5.74) is 3.43. The first-order valence-electron chi connectivity index (χ1n) is 11.0. The number of hydrogen-bond donors (Lipinski definition) is 0. The SMILES string of the molecule is O=c1oc2ccccc2c2c1C(c1ccc(Br)cc1)c1c(ncn3nc(-c4ccccc4)nc13)O2. The molecule has 3 aromatic carbocycles. The van der Waals surface area contributed by atoms with E-state index in [1.165, 1.54) is 0 Å². The van der Waals surface area contributed by atoms with Crippen molar-refractivity contribution < 1.29 is 9.15 Å². The Morgan fingerprint density at radius 3 is 2.49 bits per heavy atom. The Morgan fingerprint density at radius 2 is 1.66 bits per heavy atom. The zero-order valence-corrected chi connectivity index (χ0v) is 19.6. The average molecular weight is 523 g/mol. The summed E-state index contributed by atoms with van der Waals surface area (Å²) in [4.78, 5) is 22.8. The van der Waals surface area contributed by atoms with Crippen LogP contribution in [0, 0.1) is 0 Å². The Labute approximate surface area is 206 Å². The fraction of sp³-hybridized carbons (Fsp3) is 0.0370. The molecular weight excluding hydrogens is 508 g/mol. The molecule has 0 saturated carbocycles. The molecule has 4 heterocycles. The summed E-state index contributed by atoms with van der Waals surface area (Å²) in [6, 6.07) is 24.9. The molecule has 0 bridgehead atoms. The molecule has 1 unspecified atom stereocenters. The Hall–Kier alpha value is -4.30. The van der Waals surface area contributed by atoms with Crippen molar-refractivity contribution in [3.05, 3.63) is 117 Å². The Balaban J connectivity index is 1.56. The predicted molar refractivity (Wildman–Crippen MR) is 134 cm³/mol. The number of hydrogen-bond acceptors (Lipinski definition) is 6. The summed E-state index contributed by atoms with van der Waals surface area (Å²) in [7, 11) is 0. The molecule has 168 valence electrons. The zero-order chi connectivity index (χ0) is 23.5. The number of para-hydroxylation sites is 1. The quantitative estimate of drug-likeness (QED) is 0.261. The Bertz CT molecular complexity index is 1810. The molecule has 0 spiro atoms. The van der Waals surface area contributed by atoms with Gasteiger partial charge in [0.25, 0.3) is 0 Å². The van der Waals surface area contributed by atoms with E-state index in [0.717, 1.165) is 15.6 Å². The highest BCUT2D eigenvalue weighted by Gasteiger charge is 2.37. The van der Waals surface area contributed by atoms with Crippen molar-refractivity contribution in [1.82, 2.24) is 19.6 Å². The highest BCUT2D eigenvalue weighted by Crippen LogP contribution is 2.48. The van der Waals surface area contributed by atoms with Crippen LogP contribution in [0.15, 0.2) is 98.9 Å². The Kier molecular flexibility index (Phi) is 4.37. The van der Waals surface area contributed by atoms with E-state index in [0.29, 0.717) is 45.2 Å². The van der Waals surface area contributed by atoms with Crippen LogP contribution in [-0.4, -0.2) is 19.6 Å². The lowest BCUT2D eigenvalue weighted by molar-refractivity contribution is 0.422. The topological polar surface area (TPSA) is 82.5 Å². The first kappa shape index (κ1) is 20.1. The zero-order valence-electron chi connectivity index (χ0n) is 18.1. The molecule has 6 aromatic rings. The lowest BCUT2D eigenvalue weighted by Gasteiger charge is -2.27. The molecule has 0 aliphatic carbocycles. The minimum absolute atomic E-state index is 0.390. The first-order valence-corrected chi connectivity index (χ1v) is 11.8. The van der Waals surface area contributed by atoms with Crippen molar-refractivity contribution in [3.8, 4) is 23.0 Å². The average Bonchev–Trinajstić information content (AvgIpc) is 3.33. The van der Waals surface area contributed by atoms with Crippen molar-refractivity contribution in [2.24, 2.45) is 0 Å². The van der Waals surface area contributed by atoms with Crippen LogP contribution >= 0.6 is 15.9 Å². The Morgan fingerprint density at radius 1 is 0.886 bits per heavy atom. The van der Waals surface area contributed by atoms with Crippen molar-refractivity contribution >= 4 is 32.5 Å². The third-order valence-corrected chi connectivity index (χ3v) is 6.73. The van der Waals surface area contributed by atoms with Gasteiger partial charge in [-0.25, -0.2) is 19.3 Å². The summed E-state index contributed by atoms with van der Waals surface area (Å²) >= 11 is 3.51. The van der Waals surface area contributed by atoms with E-state index in [2.05, 4.69) is 26.0 Å². The van der Waals surface area contributed by atoms with Crippen LogP contribution in [0.3, 0.4) is 0 Å². The van der Waals surface area contributed by atoms with Crippen LogP contribution in [0.25, 0.3) is 28.0 Å². The third kappa shape index (κ3) is 3.10. The van der Waals surface area contributed by atoms with Crippen LogP contribution in [0.1, 0.15) is 22.6 Å². The second-order valence-electron chi connectivity index (χ2n) is 8.25. The van der Waals surface area contributed by atoms with Crippen molar-refractivity contribution in [2.75, 3.05) is 0 Å². The molecule has 35 heavy (non-hydrogen) atoms. The third-order valence-electron chi connectivity index (χ3n) is 6.20. The van der Waals surface area contributed by atoms with Gasteiger partial charge < -0.3 is 9.15 Å². The molecule has 0 N–H and O–H groups in total. The van der Waals surface area contributed by atoms with Gasteiger partial charge in [0.2, 0.25) is 5.88 Å². The number of nitrogens with zero attached hydrogens (tertiary/aromatic N) is 4. The molecule has 1 aliphatic heterocycles. The number of ether oxygens (including phenoxy) is 1. The molecule has 3 aromatic heterocycles. The van der Waals surface area contributed by atoms with Gasteiger partial charge >= 0.3 is 5.63 Å². The number of aromatic nitrogens is 4. The van der Waals surface area contributed by atoms with Gasteiger partial charge in [0.05, 0.1) is 22.4 Å². The lowest BCUT2D eigenvalue weighted by Crippen LogP contribution is -2.22. The maximum absolute atomic E-state index is 13.4. The standard InChI is InChI=1S/C27H15BrN4O3/c28-17-12-10-15(11-13-17)20-21-23(18-8-4-5-9-19(18)34-27(21)33)35-26-22(20)25-30-24(31-32(25)14-29-26)16-6-2-1-3-7-16/h1-14,20H. The molecule has 1 aliphatic rings. The fourth-order valence-electron chi connectivity index (χ4n) is 4.63. The summed E-state index contributed by atoms with van der Waals surface area (Å²) < 4.78 is 14.6. The van der Waals surface area contributed by atoms with Gasteiger partial charge in [0, 0.05) is 10.0 Å². The summed E-state index contributed by atoms with van der Waals surface area (Å²) in [6.45, 7) is 0. The molecule has 7 nitrogen and oxygen atoms in total. The first-order chi connectivity index (χ1) is 17.2. The van der Waals surface area contributed by atoms with Gasteiger partial charge in [-0.1, -0.05) is 70.5 Å². The molecule has 0 radical (unpaired) electrons. The lowest BCUT2D eigenvalue weighted by atomic mass is 9.84. The minimum Gasteiger partial charge on any atom is -0.437 e. The van der Waals surface area contributed by atoms with Crippen LogP contribution in [-0.2, 0) is 0 Å². The number of rotatable bonds is 2. The van der Waals surface area contributed by atoms with Crippen LogP contribution < -0.4 is 10.4 Å². The monoisotopic (exact) mass is 522 g/mol. The van der Waals surface area contributed by atoms with E-state index >= 15 is 0 Å². The molecule has 8 heteroatoms. The molecule has 1 atom stereocenters. The summed E-state index contributed by atoms with van der Waals surface area (Å²) in [6.07, 6.45) is 1.59. The van der Waals surface area contributed by atoms with Gasteiger partial charge in [-0.05, 0) is 29.8 Å². The van der Waals surface area contributed by atoms with Gasteiger partial charge in [-0.3, -0.25) is 0 Å². The fourth-order valence-corrected chi connectivity index (χ4v) is 4.89. The summed E-state index contributed by atoms with van der Waals surface area (Å²) in [5, 5.41) is 5.35. The second-order valence-corrected chi connectivity index (χ2v) is 9.16. The van der Waals surface area contributed by atoms with Crippen LogP contribution in [0.5, 0.6) is 11.6 Å². The van der Waals surface area contributed by atoms with Crippen molar-refractivity contribution in [2.45, 2.75) is 5.92 Å². The van der Waals surface area contributed by atoms with Gasteiger partial charge in [-0.2, -0.15) is 0 Å². The molecular formula is C27H15BrN4O3. The highest BCUT2D eigenvalue weighted by atomic mass is 79.9.